The van der Waals surface area contributed by atoms with Crippen LogP contribution in [0.25, 0.3) is 16.9 Å². The SMILES string of the molecule is CN(C)C=Nc1nc(-c2ccccc2)c(C2CC2)c2nc([C@@H]3CCCN(C(=O)OC(C)(C)C)C3)nn12. The van der Waals surface area contributed by atoms with E-state index in [0.29, 0.717) is 25.0 Å². The van der Waals surface area contributed by atoms with Crippen molar-refractivity contribution in [1.82, 2.24) is 29.4 Å². The largest absolute Gasteiger partial charge is 0.444 e. The van der Waals surface area contributed by atoms with Crippen LogP contribution in [0.3, 0.4) is 0 Å². The van der Waals surface area contributed by atoms with E-state index in [1.165, 1.54) is 0 Å². The number of likely N-dealkylation sites (tertiary alicyclic amines) is 1. The average Bonchev–Trinajstić information content (AvgIpc) is 3.58. The quantitative estimate of drug-likeness (QED) is 0.370. The third-order valence-corrected chi connectivity index (χ3v) is 6.40. The molecule has 36 heavy (non-hydrogen) atoms. The number of hydrogen-bond acceptors (Lipinski definition) is 6. The highest BCUT2D eigenvalue weighted by molar-refractivity contribution is 5.74. The number of nitrogens with zero attached hydrogens (tertiary/aromatic N) is 7. The summed E-state index contributed by atoms with van der Waals surface area (Å²) in [6.45, 7) is 6.90. The maximum atomic E-state index is 12.7. The molecule has 1 aromatic carbocycles. The Morgan fingerprint density at radius 3 is 2.53 bits per heavy atom. The number of rotatable bonds is 5. The first-order valence-corrected chi connectivity index (χ1v) is 12.7. The summed E-state index contributed by atoms with van der Waals surface area (Å²) in [5.74, 6) is 1.69. The molecule has 9 heteroatoms. The number of carbonyl (C=O) groups is 1. The van der Waals surface area contributed by atoms with E-state index in [4.69, 9.17) is 19.8 Å². The molecule has 5 rings (SSSR count). The van der Waals surface area contributed by atoms with Crippen molar-refractivity contribution in [2.75, 3.05) is 27.2 Å². The summed E-state index contributed by atoms with van der Waals surface area (Å²) in [5.41, 5.74) is 3.42. The first-order chi connectivity index (χ1) is 17.2. The summed E-state index contributed by atoms with van der Waals surface area (Å²) in [6, 6.07) is 10.2. The Kier molecular flexibility index (Phi) is 6.40. The van der Waals surface area contributed by atoms with Crippen molar-refractivity contribution in [3.63, 3.8) is 0 Å². The Hall–Kier alpha value is -3.49. The van der Waals surface area contributed by atoms with Crippen LogP contribution in [0.15, 0.2) is 35.3 Å². The summed E-state index contributed by atoms with van der Waals surface area (Å²) < 4.78 is 7.42. The Morgan fingerprint density at radius 2 is 1.86 bits per heavy atom. The highest BCUT2D eigenvalue weighted by atomic mass is 16.6. The van der Waals surface area contributed by atoms with Crippen LogP contribution in [0.4, 0.5) is 10.7 Å². The number of fused-ring (bicyclic) bond motifs is 1. The predicted octanol–water partition coefficient (Wildman–Crippen LogP) is 5.00. The standard InChI is InChI=1S/C27H35N7O2/c1-27(2,3)36-26(35)33-15-9-12-20(16-33)23-30-24-21(18-13-14-18)22(19-10-7-6-8-11-19)29-25(34(24)31-23)28-17-32(4)5/h6-8,10-11,17-18,20H,9,12-16H2,1-5H3/t20-/m1/s1. The topological polar surface area (TPSA) is 88.2 Å². The number of aromatic nitrogens is 4. The van der Waals surface area contributed by atoms with Crippen LogP contribution in [-0.2, 0) is 4.74 Å². The molecule has 0 bridgehead atoms. The van der Waals surface area contributed by atoms with Gasteiger partial charge in [-0.1, -0.05) is 30.3 Å². The van der Waals surface area contributed by atoms with Crippen LogP contribution in [0.5, 0.6) is 0 Å². The third-order valence-electron chi connectivity index (χ3n) is 6.40. The van der Waals surface area contributed by atoms with Gasteiger partial charge in [-0.05, 0) is 52.4 Å². The van der Waals surface area contributed by atoms with Gasteiger partial charge in [0, 0.05) is 44.2 Å². The molecule has 3 aromatic rings. The molecule has 0 unspecified atom stereocenters. The monoisotopic (exact) mass is 489 g/mol. The lowest BCUT2D eigenvalue weighted by Crippen LogP contribution is -2.42. The minimum Gasteiger partial charge on any atom is -0.444 e. The van der Waals surface area contributed by atoms with Gasteiger partial charge < -0.3 is 14.5 Å². The normalized spacial score (nSPS) is 18.7. The Labute approximate surface area is 212 Å². The number of carbonyl (C=O) groups excluding carboxylic acids is 1. The zero-order valence-electron chi connectivity index (χ0n) is 21.8. The number of benzene rings is 1. The van der Waals surface area contributed by atoms with Gasteiger partial charge in [-0.25, -0.2) is 19.8 Å². The highest BCUT2D eigenvalue weighted by Crippen LogP contribution is 2.46. The summed E-state index contributed by atoms with van der Waals surface area (Å²) in [5, 5.41) is 4.92. The second kappa shape index (κ2) is 9.52. The molecular weight excluding hydrogens is 454 g/mol. The lowest BCUT2D eigenvalue weighted by atomic mass is 9.97. The molecule has 1 aliphatic carbocycles. The zero-order chi connectivity index (χ0) is 25.4. The van der Waals surface area contributed by atoms with Gasteiger partial charge in [0.25, 0.3) is 5.95 Å². The van der Waals surface area contributed by atoms with Crippen molar-refractivity contribution < 1.29 is 9.53 Å². The third kappa shape index (κ3) is 5.20. The maximum Gasteiger partial charge on any atom is 0.410 e. The first kappa shape index (κ1) is 24.2. The summed E-state index contributed by atoms with van der Waals surface area (Å²) >= 11 is 0. The van der Waals surface area contributed by atoms with E-state index in [-0.39, 0.29) is 12.0 Å². The Balaban J connectivity index is 1.57. The van der Waals surface area contributed by atoms with Crippen LogP contribution >= 0.6 is 0 Å². The molecule has 1 saturated carbocycles. The average molecular weight is 490 g/mol. The van der Waals surface area contributed by atoms with E-state index in [2.05, 4.69) is 17.1 Å². The minimum absolute atomic E-state index is 0.0316. The molecule has 3 heterocycles. The molecule has 190 valence electrons. The number of hydrogen-bond donors (Lipinski definition) is 0. The fourth-order valence-electron chi connectivity index (χ4n) is 4.62. The fourth-order valence-corrected chi connectivity index (χ4v) is 4.62. The second-order valence-electron chi connectivity index (χ2n) is 11.0. The van der Waals surface area contributed by atoms with Gasteiger partial charge in [-0.15, -0.1) is 5.10 Å². The van der Waals surface area contributed by atoms with E-state index in [0.717, 1.165) is 54.0 Å². The van der Waals surface area contributed by atoms with Gasteiger partial charge >= 0.3 is 6.09 Å². The van der Waals surface area contributed by atoms with Gasteiger partial charge in [0.05, 0.1) is 12.0 Å². The van der Waals surface area contributed by atoms with Crippen LogP contribution in [0.1, 0.15) is 69.7 Å². The Morgan fingerprint density at radius 1 is 1.11 bits per heavy atom. The smallest absolute Gasteiger partial charge is 0.410 e. The molecule has 0 N–H and O–H groups in total. The van der Waals surface area contributed by atoms with Crippen molar-refractivity contribution in [3.8, 4) is 11.3 Å². The molecule has 0 spiro atoms. The van der Waals surface area contributed by atoms with Crippen LogP contribution in [-0.4, -0.2) is 74.6 Å². The van der Waals surface area contributed by atoms with E-state index in [1.807, 2.05) is 58.0 Å². The molecule has 9 nitrogen and oxygen atoms in total. The van der Waals surface area contributed by atoms with Crippen molar-refractivity contribution in [2.24, 2.45) is 4.99 Å². The molecule has 2 aromatic heterocycles. The lowest BCUT2D eigenvalue weighted by Gasteiger charge is -2.33. The van der Waals surface area contributed by atoms with Crippen LogP contribution < -0.4 is 0 Å². The van der Waals surface area contributed by atoms with Gasteiger partial charge in [0.2, 0.25) is 0 Å². The van der Waals surface area contributed by atoms with Crippen molar-refractivity contribution >= 4 is 24.0 Å². The first-order valence-electron chi connectivity index (χ1n) is 12.7. The highest BCUT2D eigenvalue weighted by Gasteiger charge is 2.34. The van der Waals surface area contributed by atoms with E-state index in [1.54, 1.807) is 15.8 Å². The Bertz CT molecular complexity index is 1270. The zero-order valence-corrected chi connectivity index (χ0v) is 21.8. The fraction of sp³-hybridized carbons (Fsp3) is 0.519. The van der Waals surface area contributed by atoms with Crippen molar-refractivity contribution in [3.05, 3.63) is 41.7 Å². The lowest BCUT2D eigenvalue weighted by molar-refractivity contribution is 0.0196. The number of amides is 1. The van der Waals surface area contributed by atoms with E-state index in [9.17, 15) is 4.79 Å². The number of ether oxygens (including phenoxy) is 1. The molecular formula is C27H35N7O2. The predicted molar refractivity (Wildman–Crippen MR) is 140 cm³/mol. The van der Waals surface area contributed by atoms with Crippen molar-refractivity contribution in [1.29, 1.82) is 0 Å². The summed E-state index contributed by atoms with van der Waals surface area (Å²) in [7, 11) is 3.86. The molecule has 1 atom stereocenters. The summed E-state index contributed by atoms with van der Waals surface area (Å²) in [4.78, 5) is 31.1. The minimum atomic E-state index is -0.524. The van der Waals surface area contributed by atoms with E-state index >= 15 is 0 Å². The molecule has 0 radical (unpaired) electrons. The molecule has 2 aliphatic rings. The van der Waals surface area contributed by atoms with Gasteiger partial charge in [0.1, 0.15) is 5.60 Å². The van der Waals surface area contributed by atoms with Crippen LogP contribution in [0, 0.1) is 0 Å². The number of aliphatic imine (C=N–C) groups is 1. The molecule has 1 saturated heterocycles. The molecule has 2 fully saturated rings. The number of piperidine rings is 1. The summed E-state index contributed by atoms with van der Waals surface area (Å²) in [6.07, 6.45) is 5.50. The van der Waals surface area contributed by atoms with Gasteiger partial charge in [-0.2, -0.15) is 4.52 Å². The second-order valence-corrected chi connectivity index (χ2v) is 11.0. The van der Waals surface area contributed by atoms with Gasteiger partial charge in [0.15, 0.2) is 11.5 Å². The van der Waals surface area contributed by atoms with E-state index < -0.39 is 5.60 Å². The van der Waals surface area contributed by atoms with Crippen molar-refractivity contribution in [2.45, 2.75) is 63.9 Å². The molecule has 1 aliphatic heterocycles. The van der Waals surface area contributed by atoms with Crippen LogP contribution in [0.2, 0.25) is 0 Å². The maximum absolute atomic E-state index is 12.7. The molecule has 1 amide bonds. The van der Waals surface area contributed by atoms with Gasteiger partial charge in [-0.3, -0.25) is 0 Å².